The average Bonchev–Trinajstić information content (AvgIpc) is 3.33. The largest absolute Gasteiger partial charge is 0.350 e. The van der Waals surface area contributed by atoms with Gasteiger partial charge in [-0.05, 0) is 30.8 Å². The van der Waals surface area contributed by atoms with Gasteiger partial charge in [-0.25, -0.2) is 0 Å². The lowest BCUT2D eigenvalue weighted by atomic mass is 10.1. The number of aromatic nitrogens is 4. The highest BCUT2D eigenvalue weighted by Gasteiger charge is 2.19. The van der Waals surface area contributed by atoms with Gasteiger partial charge in [-0.1, -0.05) is 12.1 Å². The summed E-state index contributed by atoms with van der Waals surface area (Å²) < 4.78 is 3.21. The van der Waals surface area contributed by atoms with E-state index in [1.165, 1.54) is 0 Å². The molecule has 1 aromatic carbocycles. The van der Waals surface area contributed by atoms with Crippen LogP contribution in [0.25, 0.3) is 0 Å². The van der Waals surface area contributed by atoms with Crippen LogP contribution in [0.15, 0.2) is 55.1 Å². The van der Waals surface area contributed by atoms with Gasteiger partial charge in [0.1, 0.15) is 12.6 Å². The van der Waals surface area contributed by atoms with Crippen molar-refractivity contribution < 1.29 is 9.59 Å². The van der Waals surface area contributed by atoms with Crippen LogP contribution < -0.4 is 16.0 Å². The minimum Gasteiger partial charge on any atom is -0.350 e. The van der Waals surface area contributed by atoms with E-state index < -0.39 is 6.04 Å². The van der Waals surface area contributed by atoms with Crippen LogP contribution in [-0.2, 0) is 29.7 Å². The Bertz CT molecular complexity index is 933. The lowest BCUT2D eigenvalue weighted by Gasteiger charge is -2.15. The lowest BCUT2D eigenvalue weighted by molar-refractivity contribution is -0.123. The fourth-order valence-electron chi connectivity index (χ4n) is 2.83. The molecule has 3 aromatic rings. The minimum atomic E-state index is -0.481. The zero-order chi connectivity index (χ0) is 19.9. The van der Waals surface area contributed by atoms with Crippen LogP contribution in [-0.4, -0.2) is 38.4 Å². The normalized spacial score (nSPS) is 11.8. The molecular weight excluding hydrogens is 358 g/mol. The van der Waals surface area contributed by atoms with Crippen LogP contribution >= 0.6 is 0 Å². The van der Waals surface area contributed by atoms with Crippen LogP contribution in [0.4, 0.5) is 5.69 Å². The SMILES string of the molecule is CNC(C(=O)NCc1cccc(NC(=O)Cn2cccn2)c1)c1cnn(C)c1. The summed E-state index contributed by atoms with van der Waals surface area (Å²) >= 11 is 0. The maximum atomic E-state index is 12.5. The predicted molar refractivity (Wildman–Crippen MR) is 104 cm³/mol. The number of carbonyl (C=O) groups is 2. The molecule has 0 saturated carbocycles. The van der Waals surface area contributed by atoms with Crippen molar-refractivity contribution in [1.82, 2.24) is 30.2 Å². The number of hydrogen-bond acceptors (Lipinski definition) is 5. The summed E-state index contributed by atoms with van der Waals surface area (Å²) in [5.74, 6) is -0.319. The van der Waals surface area contributed by atoms with Crippen molar-refractivity contribution in [2.75, 3.05) is 12.4 Å². The smallest absolute Gasteiger partial charge is 0.246 e. The van der Waals surface area contributed by atoms with E-state index in [0.717, 1.165) is 11.1 Å². The molecule has 9 heteroatoms. The summed E-state index contributed by atoms with van der Waals surface area (Å²) in [5, 5.41) is 16.9. The Morgan fingerprint density at radius 3 is 2.75 bits per heavy atom. The Labute approximate surface area is 162 Å². The number of nitrogens with one attached hydrogen (secondary N) is 3. The molecule has 3 N–H and O–H groups in total. The zero-order valence-electron chi connectivity index (χ0n) is 15.8. The molecule has 0 radical (unpaired) electrons. The topological polar surface area (TPSA) is 106 Å². The van der Waals surface area contributed by atoms with Gasteiger partial charge in [-0.3, -0.25) is 19.0 Å². The highest BCUT2D eigenvalue weighted by atomic mass is 16.2. The van der Waals surface area contributed by atoms with Gasteiger partial charge in [0, 0.05) is 43.4 Å². The summed E-state index contributed by atoms with van der Waals surface area (Å²) in [6.45, 7) is 0.489. The second-order valence-corrected chi connectivity index (χ2v) is 6.34. The number of aryl methyl sites for hydroxylation is 1. The van der Waals surface area contributed by atoms with Crippen LogP contribution in [0.2, 0.25) is 0 Å². The fourth-order valence-corrected chi connectivity index (χ4v) is 2.83. The van der Waals surface area contributed by atoms with Gasteiger partial charge in [0.15, 0.2) is 0 Å². The van der Waals surface area contributed by atoms with E-state index >= 15 is 0 Å². The summed E-state index contributed by atoms with van der Waals surface area (Å²) in [7, 11) is 3.54. The summed E-state index contributed by atoms with van der Waals surface area (Å²) in [5.41, 5.74) is 2.34. The van der Waals surface area contributed by atoms with E-state index in [4.69, 9.17) is 0 Å². The van der Waals surface area contributed by atoms with Gasteiger partial charge in [0.2, 0.25) is 11.8 Å². The Morgan fingerprint density at radius 1 is 1.21 bits per heavy atom. The molecule has 0 bridgehead atoms. The van der Waals surface area contributed by atoms with Crippen molar-refractivity contribution in [1.29, 1.82) is 0 Å². The number of carbonyl (C=O) groups excluding carboxylic acids is 2. The third kappa shape index (κ3) is 5.04. The highest BCUT2D eigenvalue weighted by molar-refractivity contribution is 5.90. The Hall–Kier alpha value is -3.46. The third-order valence-corrected chi connectivity index (χ3v) is 4.15. The first-order valence-electron chi connectivity index (χ1n) is 8.85. The molecule has 1 atom stereocenters. The Balaban J connectivity index is 1.56. The monoisotopic (exact) mass is 381 g/mol. The van der Waals surface area contributed by atoms with Gasteiger partial charge in [-0.15, -0.1) is 0 Å². The molecule has 0 aliphatic rings. The van der Waals surface area contributed by atoms with Crippen molar-refractivity contribution in [2.24, 2.45) is 7.05 Å². The van der Waals surface area contributed by atoms with Gasteiger partial charge >= 0.3 is 0 Å². The molecule has 28 heavy (non-hydrogen) atoms. The van der Waals surface area contributed by atoms with Crippen molar-refractivity contribution >= 4 is 17.5 Å². The van der Waals surface area contributed by atoms with E-state index in [-0.39, 0.29) is 18.4 Å². The minimum absolute atomic E-state index is 0.142. The quantitative estimate of drug-likeness (QED) is 0.536. The first-order chi connectivity index (χ1) is 13.5. The Morgan fingerprint density at radius 2 is 2.07 bits per heavy atom. The summed E-state index contributed by atoms with van der Waals surface area (Å²) in [6, 6.07) is 8.65. The van der Waals surface area contributed by atoms with E-state index in [1.807, 2.05) is 18.2 Å². The molecule has 2 heterocycles. The molecule has 0 aliphatic carbocycles. The second kappa shape index (κ2) is 8.96. The second-order valence-electron chi connectivity index (χ2n) is 6.34. The fraction of sp³-hybridized carbons (Fsp3) is 0.263. The number of anilines is 1. The van der Waals surface area contributed by atoms with Gasteiger partial charge in [0.25, 0.3) is 0 Å². The van der Waals surface area contributed by atoms with Crippen molar-refractivity contribution in [3.63, 3.8) is 0 Å². The third-order valence-electron chi connectivity index (χ3n) is 4.15. The van der Waals surface area contributed by atoms with E-state index in [9.17, 15) is 9.59 Å². The maximum absolute atomic E-state index is 12.5. The molecule has 3 rings (SSSR count). The molecule has 1 unspecified atom stereocenters. The Kier molecular flexibility index (Phi) is 6.18. The molecular formula is C19H23N7O2. The molecule has 2 aromatic heterocycles. The molecule has 146 valence electrons. The highest BCUT2D eigenvalue weighted by Crippen LogP contribution is 2.13. The van der Waals surface area contributed by atoms with Crippen LogP contribution in [0.5, 0.6) is 0 Å². The van der Waals surface area contributed by atoms with Gasteiger partial charge in [-0.2, -0.15) is 10.2 Å². The van der Waals surface area contributed by atoms with Gasteiger partial charge < -0.3 is 16.0 Å². The number of rotatable bonds is 8. The van der Waals surface area contributed by atoms with E-state index in [0.29, 0.717) is 12.2 Å². The standard InChI is InChI=1S/C19H23N7O2/c1-20-18(15-11-23-25(2)12-15)19(28)21-10-14-5-3-6-16(9-14)24-17(27)13-26-8-4-7-22-26/h3-9,11-12,18,20H,10,13H2,1-2H3,(H,21,28)(H,24,27). The number of nitrogens with zero attached hydrogens (tertiary/aromatic N) is 4. The molecule has 9 nitrogen and oxygen atoms in total. The molecule has 0 aliphatic heterocycles. The predicted octanol–water partition coefficient (Wildman–Crippen LogP) is 0.832. The molecule has 2 amide bonds. The first kappa shape index (κ1) is 19.3. The summed E-state index contributed by atoms with van der Waals surface area (Å²) in [4.78, 5) is 24.6. The van der Waals surface area contributed by atoms with Gasteiger partial charge in [0.05, 0.1) is 6.20 Å². The molecule has 0 fully saturated rings. The number of likely N-dealkylation sites (N-methyl/N-ethyl adjacent to an activating group) is 1. The van der Waals surface area contributed by atoms with Crippen LogP contribution in [0.3, 0.4) is 0 Å². The molecule has 0 saturated heterocycles. The zero-order valence-corrected chi connectivity index (χ0v) is 15.8. The maximum Gasteiger partial charge on any atom is 0.246 e. The van der Waals surface area contributed by atoms with Crippen molar-refractivity contribution in [2.45, 2.75) is 19.1 Å². The van der Waals surface area contributed by atoms with Crippen molar-refractivity contribution in [3.05, 3.63) is 66.2 Å². The number of amides is 2. The van der Waals surface area contributed by atoms with E-state index in [1.54, 1.807) is 60.4 Å². The van der Waals surface area contributed by atoms with Crippen LogP contribution in [0, 0.1) is 0 Å². The summed E-state index contributed by atoms with van der Waals surface area (Å²) in [6.07, 6.45) is 6.82. The van der Waals surface area contributed by atoms with Crippen LogP contribution in [0.1, 0.15) is 17.2 Å². The van der Waals surface area contributed by atoms with Crippen molar-refractivity contribution in [3.8, 4) is 0 Å². The average molecular weight is 381 g/mol. The number of benzene rings is 1. The lowest BCUT2D eigenvalue weighted by Crippen LogP contribution is -2.35. The first-order valence-corrected chi connectivity index (χ1v) is 8.85. The number of hydrogen-bond donors (Lipinski definition) is 3. The molecule has 0 spiro atoms. The van der Waals surface area contributed by atoms with E-state index in [2.05, 4.69) is 26.1 Å².